The molecular weight excluding hydrogens is 275 g/mol. The number of carboxylic acid groups (broad SMARTS) is 1. The normalized spacial score (nSPS) is 10.5. The summed E-state index contributed by atoms with van der Waals surface area (Å²) in [5, 5.41) is 11.6. The molecule has 0 unspecified atom stereocenters. The minimum absolute atomic E-state index is 0.0206. The number of halogens is 1. The number of hydrogen-bond acceptors (Lipinski definition) is 2. The van der Waals surface area contributed by atoms with Crippen LogP contribution in [0, 0.1) is 26.6 Å². The molecule has 2 aromatic rings. The van der Waals surface area contributed by atoms with Crippen LogP contribution in [0.3, 0.4) is 0 Å². The van der Waals surface area contributed by atoms with E-state index in [2.05, 4.69) is 10.3 Å². The Bertz CT molecular complexity index is 735. The Morgan fingerprint density at radius 1 is 1.24 bits per heavy atom. The summed E-state index contributed by atoms with van der Waals surface area (Å²) in [5.74, 6) is -2.02. The zero-order valence-corrected chi connectivity index (χ0v) is 11.9. The van der Waals surface area contributed by atoms with E-state index in [1.54, 1.807) is 32.9 Å². The second-order valence-corrected chi connectivity index (χ2v) is 4.85. The van der Waals surface area contributed by atoms with Crippen molar-refractivity contribution in [2.75, 3.05) is 5.32 Å². The average Bonchev–Trinajstić information content (AvgIpc) is 2.69. The number of aromatic amines is 1. The van der Waals surface area contributed by atoms with E-state index in [4.69, 9.17) is 5.11 Å². The van der Waals surface area contributed by atoms with Crippen LogP contribution < -0.4 is 5.32 Å². The minimum Gasteiger partial charge on any atom is -0.477 e. The lowest BCUT2D eigenvalue weighted by molar-refractivity contribution is 0.0690. The Morgan fingerprint density at radius 3 is 2.43 bits per heavy atom. The van der Waals surface area contributed by atoms with Crippen molar-refractivity contribution in [3.05, 3.63) is 52.1 Å². The lowest BCUT2D eigenvalue weighted by atomic mass is 10.1. The van der Waals surface area contributed by atoms with Gasteiger partial charge >= 0.3 is 5.97 Å². The molecule has 21 heavy (non-hydrogen) atoms. The summed E-state index contributed by atoms with van der Waals surface area (Å²) in [6.07, 6.45) is 0. The van der Waals surface area contributed by atoms with E-state index in [1.807, 2.05) is 0 Å². The van der Waals surface area contributed by atoms with Crippen LogP contribution >= 0.6 is 0 Å². The number of carboxylic acids is 1. The van der Waals surface area contributed by atoms with Gasteiger partial charge in [0.2, 0.25) is 0 Å². The van der Waals surface area contributed by atoms with Crippen molar-refractivity contribution in [1.29, 1.82) is 0 Å². The molecule has 0 aliphatic rings. The Hall–Kier alpha value is -2.63. The van der Waals surface area contributed by atoms with Gasteiger partial charge in [0.25, 0.3) is 5.91 Å². The van der Waals surface area contributed by atoms with Crippen LogP contribution in [0.2, 0.25) is 0 Å². The number of carbonyl (C=O) groups excluding carboxylic acids is 1. The SMILES string of the molecule is Cc1ccc(NC(=O)c2c(C)[nH]c(C(=O)O)c2C)cc1F. The molecule has 110 valence electrons. The third-order valence-electron chi connectivity index (χ3n) is 3.31. The molecule has 0 bridgehead atoms. The molecule has 1 aromatic heterocycles. The maximum Gasteiger partial charge on any atom is 0.352 e. The van der Waals surface area contributed by atoms with E-state index >= 15 is 0 Å². The van der Waals surface area contributed by atoms with Gasteiger partial charge in [0.15, 0.2) is 0 Å². The lowest BCUT2D eigenvalue weighted by Crippen LogP contribution is -2.14. The first-order valence-corrected chi connectivity index (χ1v) is 6.31. The number of benzene rings is 1. The topological polar surface area (TPSA) is 82.2 Å². The summed E-state index contributed by atoms with van der Waals surface area (Å²) in [7, 11) is 0. The Morgan fingerprint density at radius 2 is 1.90 bits per heavy atom. The summed E-state index contributed by atoms with van der Waals surface area (Å²) >= 11 is 0. The molecular formula is C15H15FN2O3. The first kappa shape index (κ1) is 14.8. The van der Waals surface area contributed by atoms with Gasteiger partial charge in [0.05, 0.1) is 5.56 Å². The molecule has 3 N–H and O–H groups in total. The first-order chi connectivity index (χ1) is 9.81. The van der Waals surface area contributed by atoms with E-state index in [1.165, 1.54) is 6.07 Å². The van der Waals surface area contributed by atoms with Crippen LogP contribution in [0.4, 0.5) is 10.1 Å². The van der Waals surface area contributed by atoms with Crippen molar-refractivity contribution in [3.63, 3.8) is 0 Å². The van der Waals surface area contributed by atoms with Gasteiger partial charge in [-0.2, -0.15) is 0 Å². The van der Waals surface area contributed by atoms with E-state index < -0.39 is 17.7 Å². The molecule has 1 aromatic carbocycles. The predicted molar refractivity (Wildman–Crippen MR) is 76.3 cm³/mol. The molecule has 0 radical (unpaired) electrons. The molecule has 1 heterocycles. The number of anilines is 1. The number of hydrogen-bond donors (Lipinski definition) is 3. The van der Waals surface area contributed by atoms with Gasteiger partial charge in [-0.3, -0.25) is 4.79 Å². The van der Waals surface area contributed by atoms with Crippen molar-refractivity contribution in [3.8, 4) is 0 Å². The number of rotatable bonds is 3. The van der Waals surface area contributed by atoms with E-state index in [0.717, 1.165) is 0 Å². The van der Waals surface area contributed by atoms with Crippen molar-refractivity contribution >= 4 is 17.6 Å². The largest absolute Gasteiger partial charge is 0.477 e. The van der Waals surface area contributed by atoms with E-state index in [0.29, 0.717) is 22.5 Å². The molecule has 6 heteroatoms. The fraction of sp³-hybridized carbons (Fsp3) is 0.200. The van der Waals surface area contributed by atoms with Crippen molar-refractivity contribution in [1.82, 2.24) is 4.98 Å². The lowest BCUT2D eigenvalue weighted by Gasteiger charge is -2.07. The highest BCUT2D eigenvalue weighted by atomic mass is 19.1. The summed E-state index contributed by atoms with van der Waals surface area (Å²) in [4.78, 5) is 25.9. The van der Waals surface area contributed by atoms with Gasteiger partial charge in [-0.15, -0.1) is 0 Å². The van der Waals surface area contributed by atoms with Crippen LogP contribution in [0.5, 0.6) is 0 Å². The number of H-pyrrole nitrogens is 1. The highest BCUT2D eigenvalue weighted by Crippen LogP contribution is 2.20. The van der Waals surface area contributed by atoms with Crippen molar-refractivity contribution < 1.29 is 19.1 Å². The summed E-state index contributed by atoms with van der Waals surface area (Å²) in [5.41, 5.74) is 1.84. The molecule has 0 spiro atoms. The van der Waals surface area contributed by atoms with Gasteiger partial charge in [0.1, 0.15) is 11.5 Å². The molecule has 1 amide bonds. The number of aromatic carboxylic acids is 1. The number of nitrogens with one attached hydrogen (secondary N) is 2. The molecule has 0 fully saturated rings. The van der Waals surface area contributed by atoms with Gasteiger partial charge in [-0.05, 0) is 44.0 Å². The molecule has 2 rings (SSSR count). The molecule has 0 saturated heterocycles. The molecule has 0 aliphatic heterocycles. The third kappa shape index (κ3) is 2.79. The van der Waals surface area contributed by atoms with Gasteiger partial charge in [-0.25, -0.2) is 9.18 Å². The molecule has 0 aliphatic carbocycles. The minimum atomic E-state index is -1.13. The quantitative estimate of drug-likeness (QED) is 0.812. The molecule has 0 atom stereocenters. The highest BCUT2D eigenvalue weighted by molar-refractivity contribution is 6.08. The van der Waals surface area contributed by atoms with Crippen LogP contribution in [0.25, 0.3) is 0 Å². The zero-order chi connectivity index (χ0) is 15.7. The fourth-order valence-corrected chi connectivity index (χ4v) is 2.17. The standard InChI is InChI=1S/C15H15FN2O3/c1-7-4-5-10(6-11(7)16)18-14(19)12-8(2)13(15(20)21)17-9(12)3/h4-6,17H,1-3H3,(H,18,19)(H,20,21). The number of aryl methyl sites for hydroxylation is 2. The number of aromatic nitrogens is 1. The summed E-state index contributed by atoms with van der Waals surface area (Å²) in [6.45, 7) is 4.79. The van der Waals surface area contributed by atoms with Crippen LogP contribution in [-0.2, 0) is 0 Å². The van der Waals surface area contributed by atoms with Gasteiger partial charge in [-0.1, -0.05) is 6.07 Å². The Balaban J connectivity index is 2.32. The number of carbonyl (C=O) groups is 2. The van der Waals surface area contributed by atoms with Crippen LogP contribution in [0.15, 0.2) is 18.2 Å². The maximum atomic E-state index is 13.5. The van der Waals surface area contributed by atoms with E-state index in [9.17, 15) is 14.0 Å². The molecule has 5 nitrogen and oxygen atoms in total. The smallest absolute Gasteiger partial charge is 0.352 e. The average molecular weight is 290 g/mol. The van der Waals surface area contributed by atoms with Gasteiger partial charge < -0.3 is 15.4 Å². The predicted octanol–water partition coefficient (Wildman–Crippen LogP) is 3.03. The van der Waals surface area contributed by atoms with E-state index in [-0.39, 0.29) is 11.3 Å². The van der Waals surface area contributed by atoms with Gasteiger partial charge in [0, 0.05) is 11.4 Å². The summed E-state index contributed by atoms with van der Waals surface area (Å²) < 4.78 is 13.5. The zero-order valence-electron chi connectivity index (χ0n) is 11.9. The first-order valence-electron chi connectivity index (χ1n) is 6.31. The van der Waals surface area contributed by atoms with Crippen LogP contribution in [-0.4, -0.2) is 22.0 Å². The van der Waals surface area contributed by atoms with Crippen molar-refractivity contribution in [2.45, 2.75) is 20.8 Å². The third-order valence-corrected chi connectivity index (χ3v) is 3.31. The second kappa shape index (κ2) is 5.40. The summed E-state index contributed by atoms with van der Waals surface area (Å²) in [6, 6.07) is 4.37. The highest BCUT2D eigenvalue weighted by Gasteiger charge is 2.21. The van der Waals surface area contributed by atoms with Crippen LogP contribution in [0.1, 0.15) is 37.7 Å². The molecule has 0 saturated carbocycles. The monoisotopic (exact) mass is 290 g/mol. The Labute approximate surface area is 120 Å². The maximum absolute atomic E-state index is 13.5. The number of amides is 1. The Kier molecular flexibility index (Phi) is 3.80. The van der Waals surface area contributed by atoms with Crippen molar-refractivity contribution in [2.24, 2.45) is 0 Å². The second-order valence-electron chi connectivity index (χ2n) is 4.85. The fourth-order valence-electron chi connectivity index (χ4n) is 2.17.